The SMILES string of the molecule is CCOC(=O)C1CC=C(c2cc3c(-c4cc(F)ccc4O)ccnc3[nH]2)CC1. The fourth-order valence-corrected chi connectivity index (χ4v) is 3.71. The van der Waals surface area contributed by atoms with Crippen LogP contribution in [0.15, 0.2) is 42.6 Å². The number of rotatable bonds is 4. The number of allylic oxidation sites excluding steroid dienone is 2. The van der Waals surface area contributed by atoms with Gasteiger partial charge in [-0.15, -0.1) is 0 Å². The van der Waals surface area contributed by atoms with Gasteiger partial charge in [0.05, 0.1) is 12.5 Å². The number of hydrogen-bond donors (Lipinski definition) is 2. The number of halogens is 1. The zero-order valence-electron chi connectivity index (χ0n) is 15.5. The van der Waals surface area contributed by atoms with E-state index in [2.05, 4.69) is 16.0 Å². The van der Waals surface area contributed by atoms with Crippen LogP contribution >= 0.6 is 0 Å². The Balaban J connectivity index is 1.68. The molecule has 0 saturated carbocycles. The van der Waals surface area contributed by atoms with Crippen molar-refractivity contribution in [3.8, 4) is 16.9 Å². The number of benzene rings is 1. The van der Waals surface area contributed by atoms with E-state index in [0.717, 1.165) is 29.5 Å². The first-order chi connectivity index (χ1) is 13.6. The topological polar surface area (TPSA) is 75.2 Å². The van der Waals surface area contributed by atoms with Crippen LogP contribution in [0.5, 0.6) is 5.75 Å². The number of nitrogens with zero attached hydrogens (tertiary/aromatic N) is 1. The third-order valence-electron chi connectivity index (χ3n) is 5.16. The normalized spacial score (nSPS) is 16.8. The molecule has 2 aromatic heterocycles. The van der Waals surface area contributed by atoms with Gasteiger partial charge in [-0.25, -0.2) is 9.37 Å². The molecule has 6 heteroatoms. The molecule has 5 nitrogen and oxygen atoms in total. The number of phenolic OH excluding ortho intramolecular Hbond substituents is 1. The second kappa shape index (κ2) is 7.46. The van der Waals surface area contributed by atoms with Crippen LogP contribution in [0.3, 0.4) is 0 Å². The summed E-state index contributed by atoms with van der Waals surface area (Å²) in [5.41, 5.74) is 3.86. The summed E-state index contributed by atoms with van der Waals surface area (Å²) in [6.07, 6.45) is 5.85. The smallest absolute Gasteiger partial charge is 0.309 e. The van der Waals surface area contributed by atoms with Crippen molar-refractivity contribution in [3.05, 3.63) is 54.1 Å². The number of esters is 1. The van der Waals surface area contributed by atoms with Gasteiger partial charge in [0.25, 0.3) is 0 Å². The number of carbonyl (C=O) groups excluding carboxylic acids is 1. The first-order valence-corrected chi connectivity index (χ1v) is 9.39. The van der Waals surface area contributed by atoms with Crippen molar-refractivity contribution >= 4 is 22.6 Å². The summed E-state index contributed by atoms with van der Waals surface area (Å²) in [4.78, 5) is 19.6. The van der Waals surface area contributed by atoms with Crippen LogP contribution in [0.2, 0.25) is 0 Å². The maximum Gasteiger partial charge on any atom is 0.309 e. The molecule has 144 valence electrons. The summed E-state index contributed by atoms with van der Waals surface area (Å²) in [5.74, 6) is -0.620. The minimum Gasteiger partial charge on any atom is -0.507 e. The van der Waals surface area contributed by atoms with Gasteiger partial charge >= 0.3 is 5.97 Å². The van der Waals surface area contributed by atoms with Gasteiger partial charge in [0.2, 0.25) is 0 Å². The Hall–Kier alpha value is -3.15. The number of H-pyrrole nitrogens is 1. The van der Waals surface area contributed by atoms with Crippen molar-refractivity contribution in [1.29, 1.82) is 0 Å². The molecule has 1 atom stereocenters. The number of aromatic nitrogens is 2. The van der Waals surface area contributed by atoms with Crippen LogP contribution in [-0.2, 0) is 9.53 Å². The fourth-order valence-electron chi connectivity index (χ4n) is 3.71. The van der Waals surface area contributed by atoms with Crippen molar-refractivity contribution in [2.24, 2.45) is 5.92 Å². The number of fused-ring (bicyclic) bond motifs is 1. The summed E-state index contributed by atoms with van der Waals surface area (Å²) in [6, 6.07) is 7.63. The van der Waals surface area contributed by atoms with E-state index in [9.17, 15) is 14.3 Å². The lowest BCUT2D eigenvalue weighted by Crippen LogP contribution is -2.19. The largest absolute Gasteiger partial charge is 0.507 e. The molecule has 1 aliphatic carbocycles. The fraction of sp³-hybridized carbons (Fsp3) is 0.273. The minimum absolute atomic E-state index is 0.0193. The van der Waals surface area contributed by atoms with Gasteiger partial charge in [0, 0.05) is 22.8 Å². The summed E-state index contributed by atoms with van der Waals surface area (Å²) in [6.45, 7) is 2.21. The zero-order chi connectivity index (χ0) is 19.7. The number of phenols is 1. The monoisotopic (exact) mass is 380 g/mol. The molecule has 1 aliphatic rings. The first kappa shape index (κ1) is 18.2. The molecule has 1 unspecified atom stereocenters. The maximum atomic E-state index is 13.7. The Morgan fingerprint density at radius 1 is 1.32 bits per heavy atom. The highest BCUT2D eigenvalue weighted by molar-refractivity contribution is 5.96. The van der Waals surface area contributed by atoms with Crippen LogP contribution < -0.4 is 0 Å². The predicted octanol–water partition coefficient (Wildman–Crippen LogP) is 4.82. The van der Waals surface area contributed by atoms with E-state index in [1.165, 1.54) is 18.2 Å². The van der Waals surface area contributed by atoms with E-state index in [4.69, 9.17) is 4.74 Å². The van der Waals surface area contributed by atoms with E-state index < -0.39 is 5.82 Å². The van der Waals surface area contributed by atoms with Gasteiger partial charge in [0.15, 0.2) is 0 Å². The molecule has 0 radical (unpaired) electrons. The van der Waals surface area contributed by atoms with Crippen molar-refractivity contribution in [2.45, 2.75) is 26.2 Å². The third kappa shape index (κ3) is 3.38. The molecular weight excluding hydrogens is 359 g/mol. The summed E-state index contributed by atoms with van der Waals surface area (Å²) >= 11 is 0. The Morgan fingerprint density at radius 3 is 2.93 bits per heavy atom. The highest BCUT2D eigenvalue weighted by Gasteiger charge is 2.24. The molecule has 0 saturated heterocycles. The van der Waals surface area contributed by atoms with Crippen LogP contribution in [0.1, 0.15) is 31.9 Å². The second-order valence-electron chi connectivity index (χ2n) is 6.92. The van der Waals surface area contributed by atoms with Gasteiger partial charge in [-0.05, 0) is 67.7 Å². The highest BCUT2D eigenvalue weighted by Crippen LogP contribution is 2.37. The number of nitrogens with one attached hydrogen (secondary N) is 1. The number of aromatic hydroxyl groups is 1. The van der Waals surface area contributed by atoms with Crippen LogP contribution in [0, 0.1) is 11.7 Å². The third-order valence-corrected chi connectivity index (χ3v) is 5.16. The molecule has 0 fully saturated rings. The molecule has 0 aliphatic heterocycles. The van der Waals surface area contributed by atoms with Crippen molar-refractivity contribution in [1.82, 2.24) is 9.97 Å². The molecule has 2 heterocycles. The van der Waals surface area contributed by atoms with E-state index in [-0.39, 0.29) is 17.6 Å². The van der Waals surface area contributed by atoms with Gasteiger partial charge in [-0.3, -0.25) is 4.79 Å². The van der Waals surface area contributed by atoms with E-state index in [0.29, 0.717) is 29.8 Å². The van der Waals surface area contributed by atoms with Crippen molar-refractivity contribution in [2.75, 3.05) is 6.61 Å². The molecule has 3 aromatic rings. The lowest BCUT2D eigenvalue weighted by atomic mass is 9.88. The molecule has 4 rings (SSSR count). The average molecular weight is 380 g/mol. The molecule has 28 heavy (non-hydrogen) atoms. The highest BCUT2D eigenvalue weighted by atomic mass is 19.1. The molecule has 0 spiro atoms. The molecule has 0 bridgehead atoms. The van der Waals surface area contributed by atoms with Gasteiger partial charge < -0.3 is 14.8 Å². The molecular formula is C22H21FN2O3. The second-order valence-corrected chi connectivity index (χ2v) is 6.92. The van der Waals surface area contributed by atoms with Crippen LogP contribution in [0.4, 0.5) is 4.39 Å². The summed E-state index contributed by atoms with van der Waals surface area (Å²) < 4.78 is 18.8. The van der Waals surface area contributed by atoms with Crippen molar-refractivity contribution < 1.29 is 19.0 Å². The summed E-state index contributed by atoms with van der Waals surface area (Å²) in [7, 11) is 0. The van der Waals surface area contributed by atoms with Gasteiger partial charge in [0.1, 0.15) is 17.2 Å². The quantitative estimate of drug-likeness (QED) is 0.636. The Morgan fingerprint density at radius 2 is 2.18 bits per heavy atom. The number of pyridine rings is 1. The first-order valence-electron chi connectivity index (χ1n) is 9.39. The number of carbonyl (C=O) groups is 1. The maximum absolute atomic E-state index is 13.7. The number of ether oxygens (including phenoxy) is 1. The Labute approximate surface area is 161 Å². The lowest BCUT2D eigenvalue weighted by Gasteiger charge is -2.19. The zero-order valence-corrected chi connectivity index (χ0v) is 15.5. The summed E-state index contributed by atoms with van der Waals surface area (Å²) in [5, 5.41) is 11.0. The Bertz CT molecular complexity index is 1070. The van der Waals surface area contributed by atoms with Gasteiger partial charge in [-0.1, -0.05) is 6.08 Å². The number of hydrogen-bond acceptors (Lipinski definition) is 4. The molecule has 2 N–H and O–H groups in total. The minimum atomic E-state index is -0.409. The number of aromatic amines is 1. The molecule has 0 amide bonds. The lowest BCUT2D eigenvalue weighted by molar-refractivity contribution is -0.148. The van der Waals surface area contributed by atoms with E-state index in [1.54, 1.807) is 12.3 Å². The standard InChI is InChI=1S/C22H21FN2O3/c1-2-28-22(27)14-5-3-13(4-6-14)19-12-18-16(9-10-24-21(18)25-19)17-11-15(23)7-8-20(17)26/h3,7-12,14,26H,2,4-6H2,1H3,(H,24,25). The van der Waals surface area contributed by atoms with Crippen molar-refractivity contribution in [3.63, 3.8) is 0 Å². The predicted molar refractivity (Wildman–Crippen MR) is 105 cm³/mol. The average Bonchev–Trinajstić information content (AvgIpc) is 3.14. The molecule has 1 aromatic carbocycles. The van der Waals surface area contributed by atoms with Crippen LogP contribution in [-0.4, -0.2) is 27.7 Å². The van der Waals surface area contributed by atoms with E-state index >= 15 is 0 Å². The van der Waals surface area contributed by atoms with Crippen LogP contribution in [0.25, 0.3) is 27.7 Å². The van der Waals surface area contributed by atoms with E-state index in [1.807, 2.05) is 13.0 Å². The Kier molecular flexibility index (Phi) is 4.86. The van der Waals surface area contributed by atoms with Gasteiger partial charge in [-0.2, -0.15) is 0 Å².